The lowest BCUT2D eigenvalue weighted by atomic mass is 10.1. The van der Waals surface area contributed by atoms with Gasteiger partial charge in [-0.25, -0.2) is 0 Å². The molecule has 1 atom stereocenters. The molecule has 1 aromatic heterocycles. The van der Waals surface area contributed by atoms with Gasteiger partial charge in [-0.3, -0.25) is 9.78 Å². The third-order valence-electron chi connectivity index (χ3n) is 2.06. The second-order valence-electron chi connectivity index (χ2n) is 3.22. The van der Waals surface area contributed by atoms with Gasteiger partial charge in [-0.1, -0.05) is 13.0 Å². The van der Waals surface area contributed by atoms with E-state index in [1.54, 1.807) is 6.20 Å². The minimum Gasteiger partial charge on any atom is -0.455 e. The Morgan fingerprint density at radius 3 is 2.73 bits per heavy atom. The van der Waals surface area contributed by atoms with E-state index in [0.717, 1.165) is 12.1 Å². The van der Waals surface area contributed by atoms with E-state index in [0.29, 0.717) is 5.56 Å². The number of aliphatic hydroxyl groups is 1. The van der Waals surface area contributed by atoms with Crippen LogP contribution in [0.25, 0.3) is 0 Å². The van der Waals surface area contributed by atoms with Gasteiger partial charge in [-0.05, 0) is 12.5 Å². The lowest BCUT2D eigenvalue weighted by Gasteiger charge is -2.14. The molecule has 1 rings (SSSR count). The molecule has 0 fully saturated rings. The second kappa shape index (κ2) is 5.46. The van der Waals surface area contributed by atoms with Crippen molar-refractivity contribution in [3.63, 3.8) is 0 Å². The van der Waals surface area contributed by atoms with Gasteiger partial charge >= 0.3 is 5.97 Å². The summed E-state index contributed by atoms with van der Waals surface area (Å²) in [6.45, 7) is 3.10. The van der Waals surface area contributed by atoms with Crippen molar-refractivity contribution >= 4 is 5.97 Å². The first-order valence-electron chi connectivity index (χ1n) is 4.90. The molecule has 1 heterocycles. The van der Waals surface area contributed by atoms with Gasteiger partial charge in [0.15, 0.2) is 6.10 Å². The highest BCUT2D eigenvalue weighted by Crippen LogP contribution is 2.16. The van der Waals surface area contributed by atoms with Crippen molar-refractivity contribution in [3.8, 4) is 0 Å². The number of ether oxygens (including phenoxy) is 1. The number of aliphatic hydroxyl groups excluding tert-OH is 1. The van der Waals surface area contributed by atoms with Crippen LogP contribution in [0.5, 0.6) is 0 Å². The standard InChI is InChI=1S/C11H15NO3/c1-3-10-5-4-9(6-12-10)11(7-13)15-8(2)14/h4-6,11,13H,3,7H2,1-2H3. The first kappa shape index (κ1) is 11.7. The molecule has 0 saturated heterocycles. The molecule has 0 saturated carbocycles. The average Bonchev–Trinajstić information content (AvgIpc) is 2.26. The summed E-state index contributed by atoms with van der Waals surface area (Å²) in [4.78, 5) is 14.9. The second-order valence-corrected chi connectivity index (χ2v) is 3.22. The first-order chi connectivity index (χ1) is 7.17. The number of nitrogens with zero attached hydrogens (tertiary/aromatic N) is 1. The summed E-state index contributed by atoms with van der Waals surface area (Å²) < 4.78 is 4.93. The van der Waals surface area contributed by atoms with E-state index in [-0.39, 0.29) is 6.61 Å². The molecule has 1 aromatic rings. The van der Waals surface area contributed by atoms with Crippen LogP contribution in [0.3, 0.4) is 0 Å². The number of esters is 1. The summed E-state index contributed by atoms with van der Waals surface area (Å²) in [6.07, 6.45) is 1.88. The van der Waals surface area contributed by atoms with Crippen molar-refractivity contribution in [2.24, 2.45) is 0 Å². The summed E-state index contributed by atoms with van der Waals surface area (Å²) in [7, 11) is 0. The molecule has 4 nitrogen and oxygen atoms in total. The Kier molecular flexibility index (Phi) is 4.24. The summed E-state index contributed by atoms with van der Waals surface area (Å²) in [5.41, 5.74) is 1.68. The van der Waals surface area contributed by atoms with E-state index in [4.69, 9.17) is 9.84 Å². The fourth-order valence-electron chi connectivity index (χ4n) is 1.25. The molecule has 0 bridgehead atoms. The monoisotopic (exact) mass is 209 g/mol. The van der Waals surface area contributed by atoms with Crippen LogP contribution in [-0.2, 0) is 16.0 Å². The third-order valence-corrected chi connectivity index (χ3v) is 2.06. The largest absolute Gasteiger partial charge is 0.455 e. The van der Waals surface area contributed by atoms with Crippen molar-refractivity contribution in [2.45, 2.75) is 26.4 Å². The van der Waals surface area contributed by atoms with Gasteiger partial charge in [0.2, 0.25) is 0 Å². The fraction of sp³-hybridized carbons (Fsp3) is 0.455. The zero-order valence-corrected chi connectivity index (χ0v) is 8.93. The lowest BCUT2D eigenvalue weighted by molar-refractivity contribution is -0.148. The number of hydrogen-bond acceptors (Lipinski definition) is 4. The maximum Gasteiger partial charge on any atom is 0.303 e. The lowest BCUT2D eigenvalue weighted by Crippen LogP contribution is -2.12. The van der Waals surface area contributed by atoms with Gasteiger partial charge in [0.05, 0.1) is 6.61 Å². The SMILES string of the molecule is CCc1ccc(C(CO)OC(C)=O)cn1. The number of hydrogen-bond donors (Lipinski definition) is 1. The molecular formula is C11H15NO3. The molecule has 0 spiro atoms. The van der Waals surface area contributed by atoms with Crippen molar-refractivity contribution in [1.29, 1.82) is 0 Å². The van der Waals surface area contributed by atoms with Crippen LogP contribution in [0.15, 0.2) is 18.3 Å². The molecule has 15 heavy (non-hydrogen) atoms. The molecule has 0 radical (unpaired) electrons. The van der Waals surface area contributed by atoms with Crippen LogP contribution in [0.4, 0.5) is 0 Å². The van der Waals surface area contributed by atoms with E-state index in [9.17, 15) is 4.79 Å². The van der Waals surface area contributed by atoms with Gasteiger partial charge in [0.25, 0.3) is 0 Å². The molecule has 0 aliphatic rings. The van der Waals surface area contributed by atoms with Crippen molar-refractivity contribution in [3.05, 3.63) is 29.6 Å². The van der Waals surface area contributed by atoms with Gasteiger partial charge in [-0.2, -0.15) is 0 Å². The summed E-state index contributed by atoms with van der Waals surface area (Å²) in [5, 5.41) is 9.05. The Bertz CT molecular complexity index is 321. The first-order valence-corrected chi connectivity index (χ1v) is 4.90. The van der Waals surface area contributed by atoms with Gasteiger partial charge in [0.1, 0.15) is 0 Å². The van der Waals surface area contributed by atoms with E-state index in [1.807, 2.05) is 19.1 Å². The predicted molar refractivity (Wildman–Crippen MR) is 55.2 cm³/mol. The Balaban J connectivity index is 2.78. The predicted octanol–water partition coefficient (Wildman–Crippen LogP) is 1.24. The summed E-state index contributed by atoms with van der Waals surface area (Å²) in [5.74, 6) is -0.409. The van der Waals surface area contributed by atoms with E-state index >= 15 is 0 Å². The van der Waals surface area contributed by atoms with Gasteiger partial charge < -0.3 is 9.84 Å². The Morgan fingerprint density at radius 2 is 2.33 bits per heavy atom. The smallest absolute Gasteiger partial charge is 0.303 e. The maximum atomic E-state index is 10.8. The third kappa shape index (κ3) is 3.32. The van der Waals surface area contributed by atoms with E-state index < -0.39 is 12.1 Å². The van der Waals surface area contributed by atoms with Crippen molar-refractivity contribution < 1.29 is 14.6 Å². The van der Waals surface area contributed by atoms with Crippen molar-refractivity contribution in [2.75, 3.05) is 6.61 Å². The molecule has 1 N–H and O–H groups in total. The van der Waals surface area contributed by atoms with Crippen LogP contribution in [0, 0.1) is 0 Å². The summed E-state index contributed by atoms with van der Waals surface area (Å²) >= 11 is 0. The van der Waals surface area contributed by atoms with Crippen LogP contribution in [0.2, 0.25) is 0 Å². The number of carbonyl (C=O) groups is 1. The number of pyridine rings is 1. The minimum absolute atomic E-state index is 0.229. The zero-order valence-electron chi connectivity index (χ0n) is 8.93. The molecular weight excluding hydrogens is 194 g/mol. The highest BCUT2D eigenvalue weighted by molar-refractivity contribution is 5.66. The number of carbonyl (C=O) groups excluding carboxylic acids is 1. The van der Waals surface area contributed by atoms with E-state index in [2.05, 4.69) is 4.98 Å². The quantitative estimate of drug-likeness (QED) is 0.758. The molecule has 1 unspecified atom stereocenters. The molecule has 82 valence electrons. The Hall–Kier alpha value is -1.42. The average molecular weight is 209 g/mol. The molecule has 0 aliphatic carbocycles. The normalized spacial score (nSPS) is 12.2. The minimum atomic E-state index is -0.610. The molecule has 0 aliphatic heterocycles. The van der Waals surface area contributed by atoms with E-state index in [1.165, 1.54) is 6.92 Å². The fourth-order valence-corrected chi connectivity index (χ4v) is 1.25. The number of aromatic nitrogens is 1. The van der Waals surface area contributed by atoms with Gasteiger partial charge in [-0.15, -0.1) is 0 Å². The highest BCUT2D eigenvalue weighted by Gasteiger charge is 2.13. The highest BCUT2D eigenvalue weighted by atomic mass is 16.5. The Morgan fingerprint density at radius 1 is 1.60 bits per heavy atom. The topological polar surface area (TPSA) is 59.4 Å². The zero-order chi connectivity index (χ0) is 11.3. The van der Waals surface area contributed by atoms with Crippen LogP contribution >= 0.6 is 0 Å². The maximum absolute atomic E-state index is 10.8. The van der Waals surface area contributed by atoms with Crippen LogP contribution in [0.1, 0.15) is 31.2 Å². The molecule has 0 amide bonds. The molecule has 4 heteroatoms. The molecule has 0 aromatic carbocycles. The number of rotatable bonds is 4. The summed E-state index contributed by atoms with van der Waals surface area (Å²) in [6, 6.07) is 3.68. The number of aryl methyl sites for hydroxylation is 1. The van der Waals surface area contributed by atoms with Crippen LogP contribution in [-0.4, -0.2) is 22.7 Å². The van der Waals surface area contributed by atoms with Crippen LogP contribution < -0.4 is 0 Å². The van der Waals surface area contributed by atoms with Gasteiger partial charge in [0, 0.05) is 24.4 Å². The Labute approximate surface area is 88.9 Å². The van der Waals surface area contributed by atoms with Crippen molar-refractivity contribution in [1.82, 2.24) is 4.98 Å².